The van der Waals surface area contributed by atoms with Crippen LogP contribution in [0, 0.1) is 0 Å². The number of rotatable bonds is 4. The van der Waals surface area contributed by atoms with E-state index in [1.54, 1.807) is 0 Å². The predicted octanol–water partition coefficient (Wildman–Crippen LogP) is 5.03. The van der Waals surface area contributed by atoms with Crippen LogP contribution in [0.2, 0.25) is 5.02 Å². The fourth-order valence-electron chi connectivity index (χ4n) is 2.83. The summed E-state index contributed by atoms with van der Waals surface area (Å²) in [7, 11) is 0. The zero-order valence-electron chi connectivity index (χ0n) is 13.3. The fourth-order valence-corrected chi connectivity index (χ4v) is 3.06. The van der Waals surface area contributed by atoms with Crippen LogP contribution in [-0.4, -0.2) is 21.2 Å². The van der Waals surface area contributed by atoms with E-state index in [1.807, 2.05) is 0 Å². The molecule has 1 aliphatic carbocycles. The number of hydrogen-bond acceptors (Lipinski definition) is 5. The Morgan fingerprint density at radius 1 is 1.12 bits per heavy atom. The lowest BCUT2D eigenvalue weighted by molar-refractivity contribution is -0.137. The smallest absolute Gasteiger partial charge is 0.366 e. The third-order valence-electron chi connectivity index (χ3n) is 4.04. The second kappa shape index (κ2) is 7.43. The third-order valence-corrected chi connectivity index (χ3v) is 4.37. The van der Waals surface area contributed by atoms with Crippen molar-refractivity contribution in [2.75, 3.05) is 10.6 Å². The summed E-state index contributed by atoms with van der Waals surface area (Å²) >= 11 is 5.62. The predicted molar refractivity (Wildman–Crippen MR) is 90.1 cm³/mol. The number of aromatic nitrogens is 3. The molecule has 0 saturated heterocycles. The Hall–Kier alpha value is -2.09. The molecule has 1 aromatic carbocycles. The molecule has 5 nitrogen and oxygen atoms in total. The molecule has 2 N–H and O–H groups in total. The topological polar surface area (TPSA) is 62.7 Å². The lowest BCUT2D eigenvalue weighted by atomic mass is 9.96. The van der Waals surface area contributed by atoms with Crippen LogP contribution in [0.4, 0.5) is 30.6 Å². The van der Waals surface area contributed by atoms with Crippen LogP contribution < -0.4 is 10.6 Å². The van der Waals surface area contributed by atoms with Gasteiger partial charge in [-0.15, -0.1) is 5.10 Å². The van der Waals surface area contributed by atoms with E-state index in [2.05, 4.69) is 25.8 Å². The second-order valence-electron chi connectivity index (χ2n) is 5.96. The highest BCUT2D eigenvalue weighted by Gasteiger charge is 2.33. The van der Waals surface area contributed by atoms with E-state index in [1.165, 1.54) is 37.6 Å². The van der Waals surface area contributed by atoms with Gasteiger partial charge in [-0.05, 0) is 31.0 Å². The zero-order valence-corrected chi connectivity index (χ0v) is 14.0. The highest BCUT2D eigenvalue weighted by atomic mass is 35.5. The number of halogens is 4. The largest absolute Gasteiger partial charge is 0.417 e. The monoisotopic (exact) mass is 371 g/mol. The standard InChI is InChI=1S/C16H17ClF3N5/c17-13-7-6-11(8-12(13)16(18,19)20)23-15-24-14(9-21-25-15)22-10-4-2-1-3-5-10/h6-10H,1-5H2,(H2,22,23,24,25). The molecule has 1 saturated carbocycles. The lowest BCUT2D eigenvalue weighted by Crippen LogP contribution is -2.23. The summed E-state index contributed by atoms with van der Waals surface area (Å²) in [6, 6.07) is 3.88. The molecular formula is C16H17ClF3N5. The Balaban J connectivity index is 1.74. The molecule has 1 aliphatic rings. The number of alkyl halides is 3. The average Bonchev–Trinajstić information content (AvgIpc) is 2.57. The summed E-state index contributed by atoms with van der Waals surface area (Å²) in [4.78, 5) is 4.27. The second-order valence-corrected chi connectivity index (χ2v) is 6.37. The molecule has 0 unspecified atom stereocenters. The first kappa shape index (κ1) is 17.7. The first-order valence-electron chi connectivity index (χ1n) is 8.02. The van der Waals surface area contributed by atoms with Crippen molar-refractivity contribution in [1.29, 1.82) is 0 Å². The van der Waals surface area contributed by atoms with E-state index in [9.17, 15) is 13.2 Å². The lowest BCUT2D eigenvalue weighted by Gasteiger charge is -2.23. The van der Waals surface area contributed by atoms with Gasteiger partial charge in [0.05, 0.1) is 16.8 Å². The summed E-state index contributed by atoms with van der Waals surface area (Å²) in [5.74, 6) is 0.672. The Morgan fingerprint density at radius 3 is 2.60 bits per heavy atom. The highest BCUT2D eigenvalue weighted by Crippen LogP contribution is 2.36. The molecule has 3 rings (SSSR count). The van der Waals surface area contributed by atoms with Gasteiger partial charge < -0.3 is 10.6 Å². The molecule has 1 aromatic heterocycles. The first-order valence-corrected chi connectivity index (χ1v) is 8.39. The van der Waals surface area contributed by atoms with Crippen molar-refractivity contribution in [3.05, 3.63) is 35.0 Å². The van der Waals surface area contributed by atoms with Crippen LogP contribution in [0.5, 0.6) is 0 Å². The molecule has 0 aliphatic heterocycles. The molecule has 25 heavy (non-hydrogen) atoms. The number of anilines is 3. The highest BCUT2D eigenvalue weighted by molar-refractivity contribution is 6.31. The zero-order chi connectivity index (χ0) is 17.9. The minimum atomic E-state index is -4.53. The van der Waals surface area contributed by atoms with Crippen molar-refractivity contribution in [3.8, 4) is 0 Å². The normalized spacial score (nSPS) is 15.8. The fraction of sp³-hybridized carbons (Fsp3) is 0.438. The van der Waals surface area contributed by atoms with Crippen LogP contribution in [0.15, 0.2) is 24.4 Å². The van der Waals surface area contributed by atoms with Gasteiger partial charge in [0, 0.05) is 11.7 Å². The van der Waals surface area contributed by atoms with E-state index in [4.69, 9.17) is 11.6 Å². The Kier molecular flexibility index (Phi) is 5.27. The molecular weight excluding hydrogens is 355 g/mol. The van der Waals surface area contributed by atoms with Gasteiger partial charge in [0.1, 0.15) is 0 Å². The molecule has 9 heteroatoms. The number of nitrogens with one attached hydrogen (secondary N) is 2. The van der Waals surface area contributed by atoms with E-state index in [0.717, 1.165) is 18.9 Å². The van der Waals surface area contributed by atoms with Crippen LogP contribution >= 0.6 is 11.6 Å². The summed E-state index contributed by atoms with van der Waals surface area (Å²) in [6.45, 7) is 0. The van der Waals surface area contributed by atoms with Gasteiger partial charge in [-0.2, -0.15) is 23.3 Å². The number of nitrogens with zero attached hydrogens (tertiary/aromatic N) is 3. The molecule has 0 atom stereocenters. The minimum absolute atomic E-state index is 0.122. The van der Waals surface area contributed by atoms with Crippen molar-refractivity contribution < 1.29 is 13.2 Å². The van der Waals surface area contributed by atoms with Gasteiger partial charge in [-0.25, -0.2) is 0 Å². The maximum Gasteiger partial charge on any atom is 0.417 e. The number of benzene rings is 1. The van der Waals surface area contributed by atoms with Crippen molar-refractivity contribution in [1.82, 2.24) is 15.2 Å². The Bertz CT molecular complexity index is 732. The molecule has 0 spiro atoms. The van der Waals surface area contributed by atoms with Gasteiger partial charge >= 0.3 is 6.18 Å². The first-order chi connectivity index (χ1) is 11.9. The summed E-state index contributed by atoms with van der Waals surface area (Å²) in [5, 5.41) is 13.3. The average molecular weight is 372 g/mol. The van der Waals surface area contributed by atoms with E-state index < -0.39 is 11.7 Å². The van der Waals surface area contributed by atoms with Crippen molar-refractivity contribution >= 4 is 29.1 Å². The van der Waals surface area contributed by atoms with Gasteiger partial charge in [0.25, 0.3) is 0 Å². The number of hydrogen-bond donors (Lipinski definition) is 2. The molecule has 0 bridgehead atoms. The molecule has 0 radical (unpaired) electrons. The molecule has 134 valence electrons. The third kappa shape index (κ3) is 4.72. The van der Waals surface area contributed by atoms with Crippen molar-refractivity contribution in [2.24, 2.45) is 0 Å². The quantitative estimate of drug-likeness (QED) is 0.789. The summed E-state index contributed by atoms with van der Waals surface area (Å²) in [6.07, 6.45) is 2.70. The summed E-state index contributed by atoms with van der Waals surface area (Å²) < 4.78 is 38.8. The van der Waals surface area contributed by atoms with Crippen LogP contribution in [-0.2, 0) is 6.18 Å². The Morgan fingerprint density at radius 2 is 1.88 bits per heavy atom. The van der Waals surface area contributed by atoms with Gasteiger partial charge in [-0.1, -0.05) is 30.9 Å². The van der Waals surface area contributed by atoms with E-state index >= 15 is 0 Å². The SMILES string of the molecule is FC(F)(F)c1cc(Nc2nncc(NC3CCCCC3)n2)ccc1Cl. The maximum atomic E-state index is 12.9. The van der Waals surface area contributed by atoms with Crippen molar-refractivity contribution in [3.63, 3.8) is 0 Å². The molecule has 2 aromatic rings. The van der Waals surface area contributed by atoms with Crippen LogP contribution in [0.3, 0.4) is 0 Å². The minimum Gasteiger partial charge on any atom is -0.366 e. The summed E-state index contributed by atoms with van der Waals surface area (Å²) in [5.41, 5.74) is -0.725. The molecule has 0 amide bonds. The van der Waals surface area contributed by atoms with Crippen molar-refractivity contribution in [2.45, 2.75) is 44.3 Å². The molecule has 1 fully saturated rings. The Labute approximate surface area is 148 Å². The van der Waals surface area contributed by atoms with Gasteiger partial charge in [0.2, 0.25) is 5.95 Å². The van der Waals surface area contributed by atoms with Crippen LogP contribution in [0.1, 0.15) is 37.7 Å². The van der Waals surface area contributed by atoms with Gasteiger partial charge in [-0.3, -0.25) is 0 Å². The van der Waals surface area contributed by atoms with Crippen LogP contribution in [0.25, 0.3) is 0 Å². The molecule has 1 heterocycles. The van der Waals surface area contributed by atoms with E-state index in [-0.39, 0.29) is 16.7 Å². The maximum absolute atomic E-state index is 12.9. The van der Waals surface area contributed by atoms with E-state index in [0.29, 0.717) is 11.9 Å². The van der Waals surface area contributed by atoms with Gasteiger partial charge in [0.15, 0.2) is 5.82 Å².